The van der Waals surface area contributed by atoms with Crippen molar-refractivity contribution in [2.45, 2.75) is 19.3 Å². The zero-order valence-electron chi connectivity index (χ0n) is 16.6. The van der Waals surface area contributed by atoms with Gasteiger partial charge in [-0.15, -0.1) is 0 Å². The van der Waals surface area contributed by atoms with Crippen LogP contribution in [-0.4, -0.2) is 52.7 Å². The first kappa shape index (κ1) is 18.8. The summed E-state index contributed by atoms with van der Waals surface area (Å²) in [4.78, 5) is 9.44. The molecular formula is C23H29N3O2. The van der Waals surface area contributed by atoms with Crippen molar-refractivity contribution in [1.82, 2.24) is 0 Å². The smallest absolute Gasteiger partial charge is 0.129 e. The van der Waals surface area contributed by atoms with Crippen LogP contribution >= 0.6 is 0 Å². The molecule has 2 aromatic rings. The van der Waals surface area contributed by atoms with Crippen LogP contribution in [0.5, 0.6) is 5.75 Å². The van der Waals surface area contributed by atoms with Gasteiger partial charge in [0.15, 0.2) is 0 Å². The van der Waals surface area contributed by atoms with E-state index in [0.717, 1.165) is 56.4 Å². The molecular weight excluding hydrogens is 350 g/mol. The van der Waals surface area contributed by atoms with Crippen molar-refractivity contribution in [2.75, 3.05) is 56.3 Å². The molecule has 0 unspecified atom stereocenters. The molecule has 2 saturated heterocycles. The molecule has 0 aliphatic carbocycles. The molecule has 0 amide bonds. The Morgan fingerprint density at radius 2 is 1.54 bits per heavy atom. The third-order valence-corrected chi connectivity index (χ3v) is 5.52. The maximum absolute atomic E-state index is 5.63. The maximum Gasteiger partial charge on any atom is 0.129 e. The zero-order valence-corrected chi connectivity index (χ0v) is 16.6. The van der Waals surface area contributed by atoms with E-state index in [0.29, 0.717) is 0 Å². The number of morpholine rings is 1. The fraction of sp³-hybridized carbons (Fsp3) is 0.435. The normalized spacial score (nSPS) is 17.9. The first-order valence-electron chi connectivity index (χ1n) is 10.2. The Morgan fingerprint density at radius 1 is 0.857 bits per heavy atom. The van der Waals surface area contributed by atoms with Crippen LogP contribution in [0.1, 0.15) is 24.8 Å². The van der Waals surface area contributed by atoms with E-state index in [1.807, 2.05) is 6.21 Å². The molecule has 2 aliphatic heterocycles. The molecule has 2 aromatic carbocycles. The minimum Gasteiger partial charge on any atom is -0.496 e. The topological polar surface area (TPSA) is 37.3 Å². The molecule has 5 nitrogen and oxygen atoms in total. The molecule has 0 spiro atoms. The summed E-state index contributed by atoms with van der Waals surface area (Å²) in [5.41, 5.74) is 4.41. The van der Waals surface area contributed by atoms with Gasteiger partial charge < -0.3 is 19.3 Å². The third kappa shape index (κ3) is 4.47. The van der Waals surface area contributed by atoms with Crippen LogP contribution in [0.2, 0.25) is 0 Å². The highest BCUT2D eigenvalue weighted by Gasteiger charge is 2.13. The number of rotatable bonds is 5. The van der Waals surface area contributed by atoms with E-state index in [1.54, 1.807) is 7.11 Å². The number of benzene rings is 2. The molecule has 0 bridgehead atoms. The molecule has 2 fully saturated rings. The lowest BCUT2D eigenvalue weighted by Gasteiger charge is -2.29. The Hall–Kier alpha value is -2.53. The number of piperidine rings is 1. The predicted octanol–water partition coefficient (Wildman–Crippen LogP) is 4.27. The first-order valence-corrected chi connectivity index (χ1v) is 10.2. The van der Waals surface area contributed by atoms with Crippen LogP contribution in [-0.2, 0) is 4.74 Å². The second-order valence-electron chi connectivity index (χ2n) is 7.35. The standard InChI is InChI=1S/C23H29N3O2/c1-27-23-17-22(25-11-3-2-4-12-25)8-5-19(23)18-24-20-6-9-21(10-7-20)26-13-15-28-16-14-26/h5-10,17-18H,2-4,11-16H2,1H3. The van der Waals surface area contributed by atoms with Crippen molar-refractivity contribution >= 4 is 23.3 Å². The molecule has 0 aromatic heterocycles. The first-order chi connectivity index (χ1) is 13.8. The van der Waals surface area contributed by atoms with E-state index in [9.17, 15) is 0 Å². The van der Waals surface area contributed by atoms with Crippen molar-refractivity contribution in [3.8, 4) is 5.75 Å². The van der Waals surface area contributed by atoms with Gasteiger partial charge in [0, 0.05) is 55.4 Å². The summed E-state index contributed by atoms with van der Waals surface area (Å²) in [6, 6.07) is 14.8. The molecule has 0 atom stereocenters. The van der Waals surface area contributed by atoms with Crippen molar-refractivity contribution in [1.29, 1.82) is 0 Å². The quantitative estimate of drug-likeness (QED) is 0.727. The molecule has 28 heavy (non-hydrogen) atoms. The Morgan fingerprint density at radius 3 is 2.25 bits per heavy atom. The van der Waals surface area contributed by atoms with Crippen LogP contribution in [0.4, 0.5) is 17.1 Å². The summed E-state index contributed by atoms with van der Waals surface area (Å²) in [6.07, 6.45) is 5.77. The Balaban J connectivity index is 1.46. The fourth-order valence-electron chi connectivity index (χ4n) is 3.87. The zero-order chi connectivity index (χ0) is 19.2. The average Bonchev–Trinajstić information content (AvgIpc) is 2.79. The van der Waals surface area contributed by atoms with Gasteiger partial charge in [-0.3, -0.25) is 4.99 Å². The molecule has 0 N–H and O–H groups in total. The van der Waals surface area contributed by atoms with Gasteiger partial charge >= 0.3 is 0 Å². The highest BCUT2D eigenvalue weighted by atomic mass is 16.5. The lowest BCUT2D eigenvalue weighted by atomic mass is 10.1. The monoisotopic (exact) mass is 379 g/mol. The lowest BCUT2D eigenvalue weighted by molar-refractivity contribution is 0.122. The van der Waals surface area contributed by atoms with Crippen LogP contribution in [0.15, 0.2) is 47.5 Å². The van der Waals surface area contributed by atoms with E-state index >= 15 is 0 Å². The number of ether oxygens (including phenoxy) is 2. The number of anilines is 2. The predicted molar refractivity (Wildman–Crippen MR) is 116 cm³/mol. The molecule has 2 aliphatic rings. The van der Waals surface area contributed by atoms with E-state index in [4.69, 9.17) is 9.47 Å². The Bertz CT molecular complexity index is 792. The summed E-state index contributed by atoms with van der Waals surface area (Å²) in [7, 11) is 1.73. The number of hydrogen-bond acceptors (Lipinski definition) is 5. The van der Waals surface area contributed by atoms with Crippen LogP contribution in [0, 0.1) is 0 Å². The average molecular weight is 380 g/mol. The van der Waals surface area contributed by atoms with Crippen LogP contribution in [0.3, 0.4) is 0 Å². The Kier molecular flexibility index (Phi) is 6.12. The number of methoxy groups -OCH3 is 1. The van der Waals surface area contributed by atoms with Crippen LogP contribution in [0.25, 0.3) is 0 Å². The molecule has 0 radical (unpaired) electrons. The molecule has 0 saturated carbocycles. The maximum atomic E-state index is 5.63. The molecule has 2 heterocycles. The Labute approximate surface area is 167 Å². The highest BCUT2D eigenvalue weighted by Crippen LogP contribution is 2.27. The van der Waals surface area contributed by atoms with Gasteiger partial charge in [0.05, 0.1) is 26.0 Å². The number of nitrogens with zero attached hydrogens (tertiary/aromatic N) is 3. The van der Waals surface area contributed by atoms with Gasteiger partial charge in [-0.1, -0.05) is 0 Å². The molecule has 5 heteroatoms. The van der Waals surface area contributed by atoms with E-state index in [1.165, 1.54) is 30.6 Å². The lowest BCUT2D eigenvalue weighted by Crippen LogP contribution is -2.36. The number of hydrogen-bond donors (Lipinski definition) is 0. The summed E-state index contributed by atoms with van der Waals surface area (Å²) in [5, 5.41) is 0. The fourth-order valence-corrected chi connectivity index (χ4v) is 3.87. The minimum atomic E-state index is 0.799. The second-order valence-corrected chi connectivity index (χ2v) is 7.35. The summed E-state index contributed by atoms with van der Waals surface area (Å²) >= 11 is 0. The summed E-state index contributed by atoms with van der Waals surface area (Å²) in [5.74, 6) is 0.872. The van der Waals surface area contributed by atoms with Crippen molar-refractivity contribution in [3.05, 3.63) is 48.0 Å². The van der Waals surface area contributed by atoms with Crippen molar-refractivity contribution < 1.29 is 9.47 Å². The molecule has 4 rings (SSSR count). The van der Waals surface area contributed by atoms with Crippen molar-refractivity contribution in [2.24, 2.45) is 4.99 Å². The van der Waals surface area contributed by atoms with E-state index < -0.39 is 0 Å². The number of aliphatic imine (C=N–C) groups is 1. The summed E-state index contributed by atoms with van der Waals surface area (Å²) < 4.78 is 11.0. The van der Waals surface area contributed by atoms with E-state index in [2.05, 4.69) is 57.3 Å². The molecule has 148 valence electrons. The van der Waals surface area contributed by atoms with Gasteiger partial charge in [-0.05, 0) is 55.7 Å². The van der Waals surface area contributed by atoms with Gasteiger partial charge in [0.2, 0.25) is 0 Å². The van der Waals surface area contributed by atoms with Crippen molar-refractivity contribution in [3.63, 3.8) is 0 Å². The van der Waals surface area contributed by atoms with Gasteiger partial charge in [0.25, 0.3) is 0 Å². The second kappa shape index (κ2) is 9.11. The van der Waals surface area contributed by atoms with E-state index in [-0.39, 0.29) is 0 Å². The SMILES string of the molecule is COc1cc(N2CCCCC2)ccc1C=Nc1ccc(N2CCOCC2)cc1. The third-order valence-electron chi connectivity index (χ3n) is 5.52. The van der Waals surface area contributed by atoms with Crippen LogP contribution < -0.4 is 14.5 Å². The van der Waals surface area contributed by atoms with Gasteiger partial charge in [0.1, 0.15) is 5.75 Å². The largest absolute Gasteiger partial charge is 0.496 e. The van der Waals surface area contributed by atoms with Gasteiger partial charge in [-0.25, -0.2) is 0 Å². The minimum absolute atomic E-state index is 0.799. The summed E-state index contributed by atoms with van der Waals surface area (Å²) in [6.45, 7) is 5.75. The van der Waals surface area contributed by atoms with Gasteiger partial charge in [-0.2, -0.15) is 0 Å². The highest BCUT2D eigenvalue weighted by molar-refractivity contribution is 5.86.